The topological polar surface area (TPSA) is 109 Å². The molecule has 0 atom stereocenters. The van der Waals surface area contributed by atoms with Crippen LogP contribution in [-0.2, 0) is 9.53 Å². The summed E-state index contributed by atoms with van der Waals surface area (Å²) in [6.45, 7) is 6.04. The van der Waals surface area contributed by atoms with Crippen molar-refractivity contribution in [3.8, 4) is 17.2 Å². The van der Waals surface area contributed by atoms with Crippen LogP contribution in [0.1, 0.15) is 41.8 Å². The first-order chi connectivity index (χ1) is 18.8. The van der Waals surface area contributed by atoms with Gasteiger partial charge in [0.25, 0.3) is 5.56 Å². The number of fused-ring (bicyclic) bond motifs is 2. The lowest BCUT2D eigenvalue weighted by Crippen LogP contribution is -2.35. The third-order valence-electron chi connectivity index (χ3n) is 6.33. The number of carbonyl (C=O) groups excluding carboxylic acids is 2. The summed E-state index contributed by atoms with van der Waals surface area (Å²) in [6, 6.07) is 6.71. The lowest BCUT2D eigenvalue weighted by atomic mass is 9.99. The first kappa shape index (κ1) is 27.4. The van der Waals surface area contributed by atoms with E-state index >= 15 is 0 Å². The summed E-state index contributed by atoms with van der Waals surface area (Å²) >= 11 is 0. The predicted molar refractivity (Wildman–Crippen MR) is 147 cm³/mol. The maximum absolute atomic E-state index is 13.6. The minimum absolute atomic E-state index is 0.0881. The van der Waals surface area contributed by atoms with Gasteiger partial charge < -0.3 is 23.8 Å². The van der Waals surface area contributed by atoms with Crippen LogP contribution in [0.5, 0.6) is 17.2 Å². The van der Waals surface area contributed by atoms with E-state index in [9.17, 15) is 14.4 Å². The van der Waals surface area contributed by atoms with Gasteiger partial charge in [-0.15, -0.1) is 0 Å². The fourth-order valence-electron chi connectivity index (χ4n) is 4.52. The van der Waals surface area contributed by atoms with Gasteiger partial charge in [-0.1, -0.05) is 13.0 Å². The van der Waals surface area contributed by atoms with Crippen LogP contribution in [0.15, 0.2) is 52.6 Å². The summed E-state index contributed by atoms with van der Waals surface area (Å²) < 4.78 is 22.9. The fraction of sp³-hybridized carbons (Fsp3) is 0.310. The number of pyridine rings is 1. The molecular weight excluding hydrogens is 502 g/mol. The van der Waals surface area contributed by atoms with E-state index in [0.29, 0.717) is 41.7 Å². The average Bonchev–Trinajstić information content (AvgIpc) is 2.94. The van der Waals surface area contributed by atoms with Crippen molar-refractivity contribution in [2.45, 2.75) is 27.2 Å². The number of esters is 1. The van der Waals surface area contributed by atoms with Gasteiger partial charge in [-0.3, -0.25) is 14.0 Å². The molecule has 0 unspecified atom stereocenters. The van der Waals surface area contributed by atoms with E-state index < -0.39 is 11.8 Å². The van der Waals surface area contributed by atoms with Crippen molar-refractivity contribution in [1.82, 2.24) is 9.38 Å². The molecule has 0 bridgehead atoms. The van der Waals surface area contributed by atoms with E-state index in [1.54, 1.807) is 24.1 Å². The highest BCUT2D eigenvalue weighted by Gasteiger charge is 2.32. The molecule has 204 valence electrons. The van der Waals surface area contributed by atoms with Gasteiger partial charge in [-0.2, -0.15) is 0 Å². The van der Waals surface area contributed by atoms with Gasteiger partial charge in [0.05, 0.1) is 44.8 Å². The van der Waals surface area contributed by atoms with Crippen molar-refractivity contribution < 1.29 is 28.5 Å². The van der Waals surface area contributed by atoms with Crippen molar-refractivity contribution in [1.29, 1.82) is 0 Å². The van der Waals surface area contributed by atoms with Crippen LogP contribution in [0.4, 0.5) is 5.82 Å². The third-order valence-corrected chi connectivity index (χ3v) is 6.33. The molecule has 4 rings (SSSR count). The Kier molecular flexibility index (Phi) is 8.04. The second-order valence-corrected chi connectivity index (χ2v) is 8.78. The van der Waals surface area contributed by atoms with Gasteiger partial charge in [-0.25, -0.2) is 9.78 Å². The van der Waals surface area contributed by atoms with Crippen LogP contribution in [0.3, 0.4) is 0 Å². The van der Waals surface area contributed by atoms with Crippen LogP contribution in [0.2, 0.25) is 0 Å². The summed E-state index contributed by atoms with van der Waals surface area (Å²) in [6.07, 6.45) is 5.10. The zero-order chi connectivity index (χ0) is 28.3. The van der Waals surface area contributed by atoms with Crippen molar-refractivity contribution in [3.63, 3.8) is 0 Å². The third kappa shape index (κ3) is 4.97. The molecule has 1 aliphatic heterocycles. The molecule has 0 aliphatic carbocycles. The van der Waals surface area contributed by atoms with Crippen molar-refractivity contribution in [2.24, 2.45) is 0 Å². The number of aromatic nitrogens is 2. The molecule has 39 heavy (non-hydrogen) atoms. The molecule has 0 N–H and O–H groups in total. The Balaban J connectivity index is 1.97. The van der Waals surface area contributed by atoms with Crippen molar-refractivity contribution in [2.75, 3.05) is 39.4 Å². The second-order valence-electron chi connectivity index (χ2n) is 8.78. The largest absolute Gasteiger partial charge is 0.493 e. The van der Waals surface area contributed by atoms with Gasteiger partial charge in [0.2, 0.25) is 5.75 Å². The SMILES string of the molecule is CCCN1C(=CC(=O)c2cc(OC)c(OC)c(OC)c2)C(C(=O)OCC)=Cc2c1nc1c(C)cccn1c2=O. The summed E-state index contributed by atoms with van der Waals surface area (Å²) in [5.41, 5.74) is 1.85. The quantitative estimate of drug-likeness (QED) is 0.229. The lowest BCUT2D eigenvalue weighted by Gasteiger charge is -2.32. The number of ketones is 1. The molecule has 0 saturated carbocycles. The Hall–Kier alpha value is -4.60. The number of methoxy groups -OCH3 is 3. The number of hydrogen-bond donors (Lipinski definition) is 0. The maximum atomic E-state index is 13.6. The number of anilines is 1. The average molecular weight is 534 g/mol. The zero-order valence-electron chi connectivity index (χ0n) is 22.9. The van der Waals surface area contributed by atoms with E-state index in [1.165, 1.54) is 50.0 Å². The minimum Gasteiger partial charge on any atom is -0.493 e. The Morgan fingerprint density at radius 2 is 1.74 bits per heavy atom. The normalized spacial score (nSPS) is 13.6. The van der Waals surface area contributed by atoms with Gasteiger partial charge in [-0.05, 0) is 50.1 Å². The molecule has 10 nitrogen and oxygen atoms in total. The van der Waals surface area contributed by atoms with E-state index in [4.69, 9.17) is 23.9 Å². The van der Waals surface area contributed by atoms with Crippen LogP contribution < -0.4 is 24.7 Å². The van der Waals surface area contributed by atoms with Gasteiger partial charge in [0, 0.05) is 24.4 Å². The summed E-state index contributed by atoms with van der Waals surface area (Å²) in [5, 5.41) is 0. The Morgan fingerprint density at radius 3 is 2.33 bits per heavy atom. The number of aryl methyl sites for hydroxylation is 1. The smallest absolute Gasteiger partial charge is 0.340 e. The number of allylic oxidation sites excluding steroid dienone is 1. The molecule has 1 aromatic carbocycles. The number of rotatable bonds is 9. The molecule has 0 amide bonds. The van der Waals surface area contributed by atoms with Crippen LogP contribution >= 0.6 is 0 Å². The Labute approximate surface area is 226 Å². The van der Waals surface area contributed by atoms with Crippen molar-refractivity contribution >= 4 is 29.3 Å². The highest BCUT2D eigenvalue weighted by molar-refractivity contribution is 6.10. The van der Waals surface area contributed by atoms with Crippen LogP contribution in [-0.4, -0.2) is 55.6 Å². The molecule has 3 heterocycles. The Bertz CT molecular complexity index is 1540. The van der Waals surface area contributed by atoms with E-state index in [0.717, 1.165) is 5.56 Å². The molecule has 0 saturated heterocycles. The molecule has 0 radical (unpaired) electrons. The van der Waals surface area contributed by atoms with E-state index in [-0.39, 0.29) is 34.6 Å². The van der Waals surface area contributed by atoms with Crippen LogP contribution in [0, 0.1) is 6.92 Å². The minimum atomic E-state index is -0.651. The molecule has 2 aromatic heterocycles. The fourth-order valence-corrected chi connectivity index (χ4v) is 4.52. The predicted octanol–water partition coefficient (Wildman–Crippen LogP) is 3.97. The Morgan fingerprint density at radius 1 is 1.05 bits per heavy atom. The van der Waals surface area contributed by atoms with E-state index in [2.05, 4.69) is 0 Å². The highest BCUT2D eigenvalue weighted by Crippen LogP contribution is 2.39. The lowest BCUT2D eigenvalue weighted by molar-refractivity contribution is -0.138. The summed E-state index contributed by atoms with van der Waals surface area (Å²) in [5.74, 6) is 0.279. The number of carbonyl (C=O) groups is 2. The molecule has 0 spiro atoms. The first-order valence-corrected chi connectivity index (χ1v) is 12.5. The molecule has 1 aliphatic rings. The molecule has 0 fully saturated rings. The molecular formula is C29H31N3O7. The monoisotopic (exact) mass is 533 g/mol. The highest BCUT2D eigenvalue weighted by atomic mass is 16.5. The maximum Gasteiger partial charge on any atom is 0.340 e. The molecule has 3 aromatic rings. The molecule has 10 heteroatoms. The number of ether oxygens (including phenoxy) is 4. The first-order valence-electron chi connectivity index (χ1n) is 12.5. The second kappa shape index (κ2) is 11.4. The number of hydrogen-bond acceptors (Lipinski definition) is 9. The standard InChI is InChI=1S/C29H31N3O7/c1-7-11-31-21(16-22(33)18-13-23(36-4)25(38-6)24(14-18)37-5)19(29(35)39-8-2)15-20-27(31)30-26-17(3)10-9-12-32(26)28(20)34/h9-10,12-16H,7-8,11H2,1-6H3. The van der Waals surface area contributed by atoms with Gasteiger partial charge in [0.15, 0.2) is 17.3 Å². The van der Waals surface area contributed by atoms with Crippen LogP contribution in [0.25, 0.3) is 11.7 Å². The van der Waals surface area contributed by atoms with Gasteiger partial charge >= 0.3 is 5.97 Å². The number of benzene rings is 1. The number of nitrogens with zero attached hydrogens (tertiary/aromatic N) is 3. The van der Waals surface area contributed by atoms with E-state index in [1.807, 2.05) is 19.9 Å². The summed E-state index contributed by atoms with van der Waals surface area (Å²) in [7, 11) is 4.40. The van der Waals surface area contributed by atoms with Gasteiger partial charge in [0.1, 0.15) is 11.5 Å². The zero-order valence-corrected chi connectivity index (χ0v) is 22.9. The summed E-state index contributed by atoms with van der Waals surface area (Å²) in [4.78, 5) is 46.9. The van der Waals surface area contributed by atoms with Crippen molar-refractivity contribution in [3.05, 3.63) is 74.9 Å².